The van der Waals surface area contributed by atoms with Gasteiger partial charge in [0, 0.05) is 12.1 Å². The van der Waals surface area contributed by atoms with E-state index in [0.717, 1.165) is 25.0 Å². The van der Waals surface area contributed by atoms with Gasteiger partial charge < -0.3 is 10.0 Å². The second kappa shape index (κ2) is 4.57. The lowest BCUT2D eigenvalue weighted by molar-refractivity contribution is 0.0386. The molecule has 4 nitrogen and oxygen atoms in total. The minimum atomic E-state index is -0.752. The van der Waals surface area contributed by atoms with Crippen LogP contribution in [0.3, 0.4) is 0 Å². The fraction of sp³-hybridized carbons (Fsp3) is 0.467. The number of nitrogens with zero attached hydrogens (tertiary/aromatic N) is 2. The molecule has 0 aromatic heterocycles. The van der Waals surface area contributed by atoms with E-state index < -0.39 is 11.4 Å². The molecule has 0 spiro atoms. The maximum absolute atomic E-state index is 13.4. The normalized spacial score (nSPS) is 23.4. The summed E-state index contributed by atoms with van der Waals surface area (Å²) in [4.78, 5) is 14.1. The van der Waals surface area contributed by atoms with Crippen molar-refractivity contribution in [3.05, 3.63) is 35.1 Å². The Hall–Kier alpha value is -1.93. The molecule has 1 amide bonds. The Labute approximate surface area is 116 Å². The fourth-order valence-electron chi connectivity index (χ4n) is 2.97. The molecule has 1 unspecified atom stereocenters. The van der Waals surface area contributed by atoms with Crippen molar-refractivity contribution in [2.45, 2.75) is 37.3 Å². The Morgan fingerprint density at radius 1 is 1.45 bits per heavy atom. The molecule has 1 aliphatic carbocycles. The Balaban J connectivity index is 1.89. The van der Waals surface area contributed by atoms with Crippen molar-refractivity contribution >= 4 is 5.91 Å². The van der Waals surface area contributed by atoms with Gasteiger partial charge in [-0.05, 0) is 43.9 Å². The molecule has 1 aromatic carbocycles. The summed E-state index contributed by atoms with van der Waals surface area (Å²) in [5, 5.41) is 19.1. The van der Waals surface area contributed by atoms with Crippen LogP contribution in [0.25, 0.3) is 0 Å². The molecule has 1 saturated carbocycles. The topological polar surface area (TPSA) is 64.3 Å². The van der Waals surface area contributed by atoms with Crippen LogP contribution in [0.15, 0.2) is 18.2 Å². The van der Waals surface area contributed by atoms with Crippen LogP contribution in [-0.4, -0.2) is 34.1 Å². The number of carbonyl (C=O) groups excluding carboxylic acids is 1. The summed E-state index contributed by atoms with van der Waals surface area (Å²) in [5.74, 6) is -0.892. The number of halogens is 1. The maximum atomic E-state index is 13.4. The number of rotatable bonds is 2. The first-order valence-corrected chi connectivity index (χ1v) is 6.77. The van der Waals surface area contributed by atoms with Crippen LogP contribution in [0.2, 0.25) is 0 Å². The minimum absolute atomic E-state index is 0.134. The summed E-state index contributed by atoms with van der Waals surface area (Å²) in [6, 6.07) is 5.32. The molecule has 2 aliphatic rings. The molecule has 1 saturated heterocycles. The highest BCUT2D eigenvalue weighted by atomic mass is 19.1. The molecule has 104 valence electrons. The van der Waals surface area contributed by atoms with E-state index in [0.29, 0.717) is 19.4 Å². The van der Waals surface area contributed by atoms with Gasteiger partial charge in [0.15, 0.2) is 0 Å². The third-order valence-corrected chi connectivity index (χ3v) is 4.17. The summed E-state index contributed by atoms with van der Waals surface area (Å²) in [6.07, 6.45) is 3.06. The van der Waals surface area contributed by atoms with Crippen LogP contribution in [-0.2, 0) is 0 Å². The third-order valence-electron chi connectivity index (χ3n) is 4.17. The van der Waals surface area contributed by atoms with E-state index in [1.54, 1.807) is 4.90 Å². The summed E-state index contributed by atoms with van der Waals surface area (Å²) < 4.78 is 13.4. The van der Waals surface area contributed by atoms with E-state index in [-0.39, 0.29) is 23.1 Å². The van der Waals surface area contributed by atoms with Gasteiger partial charge in [0.1, 0.15) is 5.82 Å². The molecule has 0 radical (unpaired) electrons. The number of hydrogen-bond donors (Lipinski definition) is 1. The van der Waals surface area contributed by atoms with Crippen molar-refractivity contribution in [2.75, 3.05) is 6.54 Å². The van der Waals surface area contributed by atoms with Gasteiger partial charge in [-0.3, -0.25) is 4.79 Å². The predicted molar refractivity (Wildman–Crippen MR) is 69.4 cm³/mol. The number of nitriles is 1. The molecule has 0 bridgehead atoms. The highest BCUT2D eigenvalue weighted by molar-refractivity contribution is 5.95. The van der Waals surface area contributed by atoms with Crippen LogP contribution < -0.4 is 0 Å². The van der Waals surface area contributed by atoms with E-state index >= 15 is 0 Å². The minimum Gasteiger partial charge on any atom is -0.388 e. The highest BCUT2D eigenvalue weighted by Gasteiger charge is 2.52. The van der Waals surface area contributed by atoms with Crippen LogP contribution in [0.4, 0.5) is 4.39 Å². The van der Waals surface area contributed by atoms with Gasteiger partial charge in [0.2, 0.25) is 0 Å². The molecular formula is C15H15FN2O2. The van der Waals surface area contributed by atoms with Crippen molar-refractivity contribution in [3.63, 3.8) is 0 Å². The SMILES string of the molecule is N#Cc1cc(F)cc(C(=O)N2CCCC2C2(O)CC2)c1. The zero-order valence-electron chi connectivity index (χ0n) is 11.0. The van der Waals surface area contributed by atoms with Gasteiger partial charge in [-0.1, -0.05) is 0 Å². The van der Waals surface area contributed by atoms with Gasteiger partial charge in [-0.25, -0.2) is 4.39 Å². The second-order valence-electron chi connectivity index (χ2n) is 5.60. The number of amides is 1. The van der Waals surface area contributed by atoms with Crippen LogP contribution >= 0.6 is 0 Å². The zero-order valence-corrected chi connectivity index (χ0v) is 11.0. The molecule has 1 N–H and O–H groups in total. The van der Waals surface area contributed by atoms with Crippen LogP contribution in [0, 0.1) is 17.1 Å². The molecular weight excluding hydrogens is 259 g/mol. The standard InChI is InChI=1S/C15H15FN2O2/c16-12-7-10(9-17)6-11(8-12)14(19)18-5-1-2-13(18)15(20)3-4-15/h6-8,13,20H,1-5H2. The van der Waals surface area contributed by atoms with Crippen molar-refractivity contribution in [1.82, 2.24) is 4.90 Å². The van der Waals surface area contributed by atoms with E-state index in [1.807, 2.05) is 6.07 Å². The zero-order chi connectivity index (χ0) is 14.3. The molecule has 1 aliphatic heterocycles. The number of benzene rings is 1. The Bertz CT molecular complexity index is 604. The molecule has 1 atom stereocenters. The quantitative estimate of drug-likeness (QED) is 0.894. The summed E-state index contributed by atoms with van der Waals surface area (Å²) in [5.41, 5.74) is -0.440. The average Bonchev–Trinajstić information content (AvgIpc) is 3.00. The van der Waals surface area contributed by atoms with E-state index in [9.17, 15) is 14.3 Å². The number of hydrogen-bond acceptors (Lipinski definition) is 3. The first kappa shape index (κ1) is 13.1. The molecule has 1 heterocycles. The predicted octanol–water partition coefficient (Wildman–Crippen LogP) is 1.83. The fourth-order valence-corrected chi connectivity index (χ4v) is 2.97. The van der Waals surface area contributed by atoms with Crippen molar-refractivity contribution in [1.29, 1.82) is 5.26 Å². The summed E-state index contributed by atoms with van der Waals surface area (Å²) >= 11 is 0. The van der Waals surface area contributed by atoms with E-state index in [2.05, 4.69) is 0 Å². The van der Waals surface area contributed by atoms with Gasteiger partial charge in [-0.15, -0.1) is 0 Å². The number of likely N-dealkylation sites (tertiary alicyclic amines) is 1. The molecule has 3 rings (SSSR count). The third kappa shape index (κ3) is 2.16. The van der Waals surface area contributed by atoms with Crippen molar-refractivity contribution in [3.8, 4) is 6.07 Å². The van der Waals surface area contributed by atoms with Gasteiger partial charge >= 0.3 is 0 Å². The smallest absolute Gasteiger partial charge is 0.254 e. The van der Waals surface area contributed by atoms with Gasteiger partial charge in [0.25, 0.3) is 5.91 Å². The maximum Gasteiger partial charge on any atom is 0.254 e. The molecule has 2 fully saturated rings. The largest absolute Gasteiger partial charge is 0.388 e. The monoisotopic (exact) mass is 274 g/mol. The first-order valence-electron chi connectivity index (χ1n) is 6.77. The molecule has 20 heavy (non-hydrogen) atoms. The van der Waals surface area contributed by atoms with Gasteiger partial charge in [0.05, 0.1) is 23.3 Å². The highest BCUT2D eigenvalue weighted by Crippen LogP contribution is 2.44. The lowest BCUT2D eigenvalue weighted by Gasteiger charge is -2.28. The van der Waals surface area contributed by atoms with Gasteiger partial charge in [-0.2, -0.15) is 5.26 Å². The molecule has 5 heteroatoms. The number of carbonyl (C=O) groups is 1. The van der Waals surface area contributed by atoms with Crippen LogP contribution in [0.1, 0.15) is 41.6 Å². The average molecular weight is 274 g/mol. The van der Waals surface area contributed by atoms with Crippen molar-refractivity contribution < 1.29 is 14.3 Å². The summed E-state index contributed by atoms with van der Waals surface area (Å²) in [6.45, 7) is 0.574. The molecule has 1 aromatic rings. The van der Waals surface area contributed by atoms with Crippen molar-refractivity contribution in [2.24, 2.45) is 0 Å². The second-order valence-corrected chi connectivity index (χ2v) is 5.60. The Morgan fingerprint density at radius 3 is 2.85 bits per heavy atom. The Kier molecular flexibility index (Phi) is 2.98. The lowest BCUT2D eigenvalue weighted by atomic mass is 10.0. The summed E-state index contributed by atoms with van der Waals surface area (Å²) in [7, 11) is 0. The Morgan fingerprint density at radius 2 is 2.20 bits per heavy atom. The lowest BCUT2D eigenvalue weighted by Crippen LogP contribution is -2.44. The first-order chi connectivity index (χ1) is 9.53. The van der Waals surface area contributed by atoms with E-state index in [4.69, 9.17) is 5.26 Å². The van der Waals surface area contributed by atoms with Crippen LogP contribution in [0.5, 0.6) is 0 Å². The van der Waals surface area contributed by atoms with E-state index in [1.165, 1.54) is 6.07 Å². The number of aliphatic hydroxyl groups is 1.